The first kappa shape index (κ1) is 30.4. The second-order valence-corrected chi connectivity index (χ2v) is 9.71. The van der Waals surface area contributed by atoms with E-state index in [4.69, 9.17) is 24.7 Å². The summed E-state index contributed by atoms with van der Waals surface area (Å²) >= 11 is 0. The van der Waals surface area contributed by atoms with Gasteiger partial charge in [0.05, 0.1) is 25.9 Å². The number of nitrogens with zero attached hydrogens (tertiary/aromatic N) is 1. The van der Waals surface area contributed by atoms with E-state index in [-0.39, 0.29) is 26.1 Å². The number of amides is 2. The van der Waals surface area contributed by atoms with Gasteiger partial charge in [-0.05, 0) is 36.1 Å². The summed E-state index contributed by atoms with van der Waals surface area (Å²) in [4.78, 5) is 27.7. The molecule has 2 aromatic rings. The van der Waals surface area contributed by atoms with Crippen LogP contribution in [0.1, 0.15) is 24.0 Å². The molecule has 0 saturated carbocycles. The maximum Gasteiger partial charge on any atom is 0.408 e. The lowest BCUT2D eigenvalue weighted by atomic mass is 9.83. The maximum absolute atomic E-state index is 12.8. The fourth-order valence-electron chi connectivity index (χ4n) is 4.52. The molecule has 1 heterocycles. The number of nitrogens with one attached hydrogen (secondary N) is 1. The van der Waals surface area contributed by atoms with Crippen LogP contribution in [0.25, 0.3) is 0 Å². The predicted octanol–water partition coefficient (Wildman–Crippen LogP) is 1.92. The van der Waals surface area contributed by atoms with Gasteiger partial charge in [0.2, 0.25) is 5.91 Å². The minimum absolute atomic E-state index is 0.0181. The lowest BCUT2D eigenvalue weighted by Gasteiger charge is -2.33. The Labute approximate surface area is 230 Å². The highest BCUT2D eigenvalue weighted by atomic mass is 16.6. The van der Waals surface area contributed by atoms with Gasteiger partial charge in [-0.1, -0.05) is 42.5 Å². The van der Waals surface area contributed by atoms with Crippen LogP contribution < -0.4 is 15.8 Å². The van der Waals surface area contributed by atoms with E-state index in [1.807, 2.05) is 54.6 Å². The third kappa shape index (κ3) is 10.5. The summed E-state index contributed by atoms with van der Waals surface area (Å²) in [6.07, 6.45) is -0.658. The first-order valence-corrected chi connectivity index (χ1v) is 13.4. The molecule has 0 unspecified atom stereocenters. The number of carbonyl (C=O) groups excluding carboxylic acids is 2. The number of rotatable bonds is 16. The van der Waals surface area contributed by atoms with E-state index in [2.05, 4.69) is 10.2 Å². The van der Waals surface area contributed by atoms with Gasteiger partial charge in [-0.15, -0.1) is 0 Å². The molecule has 10 nitrogen and oxygen atoms in total. The van der Waals surface area contributed by atoms with Crippen LogP contribution in [0.5, 0.6) is 5.75 Å². The fraction of sp³-hybridized carbons (Fsp3) is 0.517. The minimum atomic E-state index is -1.56. The van der Waals surface area contributed by atoms with Crippen LogP contribution in [0.15, 0.2) is 54.6 Å². The molecule has 0 bridgehead atoms. The number of carbonyl (C=O) groups is 2. The van der Waals surface area contributed by atoms with Gasteiger partial charge in [0.1, 0.15) is 24.5 Å². The molecule has 1 fully saturated rings. The van der Waals surface area contributed by atoms with Crippen LogP contribution in [0.3, 0.4) is 0 Å². The van der Waals surface area contributed by atoms with Gasteiger partial charge >= 0.3 is 6.09 Å². The van der Waals surface area contributed by atoms with E-state index in [9.17, 15) is 14.7 Å². The third-order valence-corrected chi connectivity index (χ3v) is 6.74. The highest BCUT2D eigenvalue weighted by Crippen LogP contribution is 2.24. The van der Waals surface area contributed by atoms with Crippen molar-refractivity contribution in [3.8, 4) is 5.75 Å². The topological polar surface area (TPSA) is 133 Å². The number of aliphatic hydroxyl groups is 1. The monoisotopic (exact) mass is 543 g/mol. The number of hydrogen-bond acceptors (Lipinski definition) is 8. The average Bonchev–Trinajstić information content (AvgIpc) is 2.94. The van der Waals surface area contributed by atoms with E-state index >= 15 is 0 Å². The van der Waals surface area contributed by atoms with E-state index in [0.29, 0.717) is 25.2 Å². The van der Waals surface area contributed by atoms with Crippen LogP contribution in [-0.2, 0) is 31.8 Å². The molecule has 1 aliphatic rings. The van der Waals surface area contributed by atoms with Crippen molar-refractivity contribution in [3.63, 3.8) is 0 Å². The Morgan fingerprint density at radius 2 is 1.77 bits per heavy atom. The Balaban J connectivity index is 1.65. The Hall–Kier alpha value is -3.18. The van der Waals surface area contributed by atoms with E-state index in [1.54, 1.807) is 0 Å². The molecule has 0 aliphatic carbocycles. The highest BCUT2D eigenvalue weighted by molar-refractivity contribution is 5.89. The quantitative estimate of drug-likeness (QED) is 0.274. The first-order chi connectivity index (χ1) is 18.9. The van der Waals surface area contributed by atoms with Crippen LogP contribution in [0.2, 0.25) is 0 Å². The number of benzene rings is 2. The number of ether oxygens (including phenoxy) is 4. The number of methoxy groups -OCH3 is 1. The average molecular weight is 544 g/mol. The summed E-state index contributed by atoms with van der Waals surface area (Å²) < 4.78 is 21.3. The Bertz CT molecular complexity index is 1000. The molecule has 2 atom stereocenters. The van der Waals surface area contributed by atoms with Crippen molar-refractivity contribution < 1.29 is 33.6 Å². The zero-order chi connectivity index (χ0) is 27.9. The van der Waals surface area contributed by atoms with Crippen LogP contribution in [-0.4, -0.2) is 93.4 Å². The van der Waals surface area contributed by atoms with Crippen LogP contribution in [0, 0.1) is 0 Å². The highest BCUT2D eigenvalue weighted by Gasteiger charge is 2.41. The molecule has 0 radical (unpaired) electrons. The molecule has 0 aromatic heterocycles. The number of nitrogens with two attached hydrogens (primary N) is 1. The maximum atomic E-state index is 12.8. The van der Waals surface area contributed by atoms with Gasteiger partial charge in [0.25, 0.3) is 0 Å². The van der Waals surface area contributed by atoms with E-state index < -0.39 is 23.6 Å². The summed E-state index contributed by atoms with van der Waals surface area (Å²) in [5.74, 6) is -0.0534. The fourth-order valence-corrected chi connectivity index (χ4v) is 4.52. The standard InChI is InChI=1S/C29H41N3O7/c1-36-19-20-39-28(35)31-29(27(30)34,22-25(33)10-7-23-5-3-2-4-6-23)21-24-8-11-26(12-9-24)38-18-15-32-13-16-37-17-14-32/h2-6,8-9,11-12,25,33H,7,10,13-22H2,1H3,(H2,30,34)(H,31,35)/t25-,29+/m0/s1. The van der Waals surface area contributed by atoms with Gasteiger partial charge in [-0.2, -0.15) is 0 Å². The lowest BCUT2D eigenvalue weighted by Crippen LogP contribution is -2.60. The molecule has 3 rings (SSSR count). The molecule has 214 valence electrons. The van der Waals surface area contributed by atoms with Gasteiger partial charge in [0.15, 0.2) is 0 Å². The number of hydrogen-bond donors (Lipinski definition) is 3. The minimum Gasteiger partial charge on any atom is -0.492 e. The molecule has 39 heavy (non-hydrogen) atoms. The van der Waals surface area contributed by atoms with E-state index in [1.165, 1.54) is 7.11 Å². The van der Waals surface area contributed by atoms with Crippen LogP contribution >= 0.6 is 0 Å². The van der Waals surface area contributed by atoms with Crippen molar-refractivity contribution in [1.82, 2.24) is 10.2 Å². The molecular weight excluding hydrogens is 502 g/mol. The molecular formula is C29H41N3O7. The molecule has 2 aromatic carbocycles. The predicted molar refractivity (Wildman–Crippen MR) is 147 cm³/mol. The van der Waals surface area contributed by atoms with Crippen molar-refractivity contribution in [2.24, 2.45) is 5.73 Å². The largest absolute Gasteiger partial charge is 0.492 e. The summed E-state index contributed by atoms with van der Waals surface area (Å²) in [6, 6.07) is 17.1. The normalized spacial score (nSPS) is 16.2. The second kappa shape index (κ2) is 16.0. The Morgan fingerprint density at radius 3 is 2.44 bits per heavy atom. The first-order valence-electron chi connectivity index (χ1n) is 13.4. The second-order valence-electron chi connectivity index (χ2n) is 9.71. The number of aliphatic hydroxyl groups excluding tert-OH is 1. The van der Waals surface area contributed by atoms with Crippen molar-refractivity contribution in [2.45, 2.75) is 37.3 Å². The zero-order valence-corrected chi connectivity index (χ0v) is 22.7. The molecule has 0 spiro atoms. The lowest BCUT2D eigenvalue weighted by molar-refractivity contribution is -0.125. The van der Waals surface area contributed by atoms with Gasteiger partial charge < -0.3 is 35.1 Å². The summed E-state index contributed by atoms with van der Waals surface area (Å²) in [6.45, 7) is 4.87. The third-order valence-electron chi connectivity index (χ3n) is 6.74. The molecule has 10 heteroatoms. The summed E-state index contributed by atoms with van der Waals surface area (Å²) in [5, 5.41) is 13.6. The van der Waals surface area contributed by atoms with Crippen molar-refractivity contribution in [3.05, 3.63) is 65.7 Å². The molecule has 1 saturated heterocycles. The Morgan fingerprint density at radius 1 is 1.05 bits per heavy atom. The smallest absolute Gasteiger partial charge is 0.408 e. The number of alkyl carbamates (subject to hydrolysis) is 1. The SMILES string of the molecule is COCCOC(=O)N[C@](Cc1ccc(OCCN2CCOCC2)cc1)(C[C@@H](O)CCc1ccccc1)C(N)=O. The van der Waals surface area contributed by atoms with Gasteiger partial charge in [0, 0.05) is 39.6 Å². The van der Waals surface area contributed by atoms with E-state index in [0.717, 1.165) is 44.0 Å². The molecule has 2 amide bonds. The zero-order valence-electron chi connectivity index (χ0n) is 22.7. The van der Waals surface area contributed by atoms with Crippen molar-refractivity contribution in [2.75, 3.05) is 59.8 Å². The molecule has 1 aliphatic heterocycles. The number of morpholine rings is 1. The van der Waals surface area contributed by atoms with Gasteiger partial charge in [-0.3, -0.25) is 9.69 Å². The number of aryl methyl sites for hydroxylation is 1. The summed E-state index contributed by atoms with van der Waals surface area (Å²) in [7, 11) is 1.49. The summed E-state index contributed by atoms with van der Waals surface area (Å²) in [5.41, 5.74) is 6.12. The van der Waals surface area contributed by atoms with Crippen molar-refractivity contribution in [1.29, 1.82) is 0 Å². The number of primary amides is 1. The molecule has 4 N–H and O–H groups in total. The van der Waals surface area contributed by atoms with Gasteiger partial charge in [-0.25, -0.2) is 4.79 Å². The van der Waals surface area contributed by atoms with Crippen molar-refractivity contribution >= 4 is 12.0 Å². The van der Waals surface area contributed by atoms with Crippen LogP contribution in [0.4, 0.5) is 4.79 Å². The Kier molecular flexibility index (Phi) is 12.5.